The largest absolute Gasteiger partial charge is 0.497 e. The highest BCUT2D eigenvalue weighted by Crippen LogP contribution is 2.42. The molecule has 13 nitrogen and oxygen atoms in total. The Morgan fingerprint density at radius 3 is 2.39 bits per heavy atom. The van der Waals surface area contributed by atoms with E-state index in [0.717, 1.165) is 0 Å². The Morgan fingerprint density at radius 2 is 1.71 bits per heavy atom. The van der Waals surface area contributed by atoms with Crippen molar-refractivity contribution < 1.29 is 37.2 Å². The number of para-hydroxylation sites is 2. The first kappa shape index (κ1) is 28.9. The van der Waals surface area contributed by atoms with Crippen molar-refractivity contribution in [2.75, 3.05) is 39.3 Å². The first-order chi connectivity index (χ1) is 19.8. The lowest BCUT2D eigenvalue weighted by Gasteiger charge is -2.19. The molecule has 0 saturated carbocycles. The summed E-state index contributed by atoms with van der Waals surface area (Å²) in [7, 11) is -0.220. The molecule has 0 unspecified atom stereocenters. The monoisotopic (exact) mass is 579 g/mol. The zero-order valence-corrected chi connectivity index (χ0v) is 23.0. The molecule has 212 valence electrons. The van der Waals surface area contributed by atoms with E-state index >= 15 is 0 Å². The number of nitriles is 1. The third-order valence-electron chi connectivity index (χ3n) is 5.47. The molecule has 0 aliphatic carbocycles. The highest BCUT2D eigenvalue weighted by atomic mass is 32.2. The Bertz CT molecular complexity index is 1690. The number of aliphatic hydroxyl groups excluding tert-OH is 1. The van der Waals surface area contributed by atoms with Gasteiger partial charge in [-0.3, -0.25) is 4.72 Å². The van der Waals surface area contributed by atoms with Gasteiger partial charge in [0.1, 0.15) is 34.8 Å². The normalized spacial score (nSPS) is 10.8. The minimum atomic E-state index is -4.39. The summed E-state index contributed by atoms with van der Waals surface area (Å²) in [4.78, 5) is 12.5. The molecule has 2 aromatic heterocycles. The van der Waals surface area contributed by atoms with Crippen LogP contribution in [0.25, 0.3) is 11.4 Å². The third-order valence-corrected chi connectivity index (χ3v) is 6.83. The molecule has 0 saturated heterocycles. The number of ether oxygens (including phenoxy) is 5. The number of methoxy groups -OCH3 is 3. The highest BCUT2D eigenvalue weighted by molar-refractivity contribution is 7.92. The van der Waals surface area contributed by atoms with Gasteiger partial charge in [-0.05, 0) is 36.4 Å². The van der Waals surface area contributed by atoms with Crippen molar-refractivity contribution in [1.82, 2.24) is 15.0 Å². The van der Waals surface area contributed by atoms with Gasteiger partial charge in [-0.15, -0.1) is 0 Å². The fraction of sp³-hybridized carbons (Fsp3) is 0.185. The number of sulfonamides is 1. The van der Waals surface area contributed by atoms with Crippen LogP contribution in [0.4, 0.5) is 5.82 Å². The molecule has 0 spiro atoms. The van der Waals surface area contributed by atoms with Gasteiger partial charge in [-0.25, -0.2) is 18.4 Å². The van der Waals surface area contributed by atoms with Crippen LogP contribution < -0.4 is 28.4 Å². The Kier molecular flexibility index (Phi) is 9.02. The number of pyridine rings is 1. The average Bonchev–Trinajstić information content (AvgIpc) is 3.00. The van der Waals surface area contributed by atoms with E-state index in [-0.39, 0.29) is 64.3 Å². The van der Waals surface area contributed by atoms with Gasteiger partial charge in [0, 0.05) is 17.8 Å². The van der Waals surface area contributed by atoms with Crippen LogP contribution in [-0.2, 0) is 10.0 Å². The summed E-state index contributed by atoms with van der Waals surface area (Å²) in [6.45, 7) is -0.572. The SMILES string of the molecule is COc1ccc(OC)c(S(=O)(=O)Nc2nc(-c3ccnc(C#N)c3)nc(OCCO)c2Oc2ccccc2OC)c1. The molecule has 2 aromatic carbocycles. The van der Waals surface area contributed by atoms with E-state index in [1.54, 1.807) is 30.3 Å². The van der Waals surface area contributed by atoms with Gasteiger partial charge < -0.3 is 28.8 Å². The van der Waals surface area contributed by atoms with Gasteiger partial charge >= 0.3 is 0 Å². The van der Waals surface area contributed by atoms with Crippen LogP contribution in [0.2, 0.25) is 0 Å². The predicted molar refractivity (Wildman–Crippen MR) is 146 cm³/mol. The van der Waals surface area contributed by atoms with Crippen LogP contribution >= 0.6 is 0 Å². The predicted octanol–water partition coefficient (Wildman–Crippen LogP) is 3.40. The Hall–Kier alpha value is -5.13. The molecule has 0 amide bonds. The number of hydrogen-bond donors (Lipinski definition) is 2. The molecule has 14 heteroatoms. The molecule has 41 heavy (non-hydrogen) atoms. The minimum Gasteiger partial charge on any atom is -0.497 e. The summed E-state index contributed by atoms with van der Waals surface area (Å²) in [6, 6.07) is 15.8. The first-order valence-electron chi connectivity index (χ1n) is 11.9. The maximum absolute atomic E-state index is 13.7. The number of benzene rings is 2. The molecular formula is C27H25N5O8S. The topological polar surface area (TPSA) is 175 Å². The van der Waals surface area contributed by atoms with Gasteiger partial charge in [0.05, 0.1) is 27.9 Å². The summed E-state index contributed by atoms with van der Waals surface area (Å²) in [5.41, 5.74) is 0.426. The maximum Gasteiger partial charge on any atom is 0.266 e. The molecular weight excluding hydrogens is 554 g/mol. The number of rotatable bonds is 12. The van der Waals surface area contributed by atoms with Gasteiger partial charge in [-0.2, -0.15) is 10.2 Å². The van der Waals surface area contributed by atoms with Crippen molar-refractivity contribution in [2.45, 2.75) is 4.90 Å². The third kappa shape index (κ3) is 6.55. The smallest absolute Gasteiger partial charge is 0.266 e. The Morgan fingerprint density at radius 1 is 0.951 bits per heavy atom. The van der Waals surface area contributed by atoms with Gasteiger partial charge in [0.2, 0.25) is 5.75 Å². The lowest BCUT2D eigenvalue weighted by atomic mass is 10.2. The van der Waals surface area contributed by atoms with E-state index in [0.29, 0.717) is 11.3 Å². The van der Waals surface area contributed by atoms with Crippen LogP contribution in [0.3, 0.4) is 0 Å². The molecule has 4 aromatic rings. The number of nitrogens with one attached hydrogen (secondary N) is 1. The zero-order valence-electron chi connectivity index (χ0n) is 22.2. The van der Waals surface area contributed by atoms with Crippen molar-refractivity contribution in [1.29, 1.82) is 5.26 Å². The lowest BCUT2D eigenvalue weighted by molar-refractivity contribution is 0.192. The molecule has 0 aliphatic rings. The van der Waals surface area contributed by atoms with E-state index in [4.69, 9.17) is 23.7 Å². The van der Waals surface area contributed by atoms with E-state index in [2.05, 4.69) is 19.7 Å². The fourth-order valence-corrected chi connectivity index (χ4v) is 4.77. The van der Waals surface area contributed by atoms with Crippen molar-refractivity contribution in [3.05, 3.63) is 66.5 Å². The molecule has 4 rings (SSSR count). The van der Waals surface area contributed by atoms with Gasteiger partial charge in [0.15, 0.2) is 23.1 Å². The van der Waals surface area contributed by atoms with Crippen LogP contribution in [0.1, 0.15) is 5.69 Å². The van der Waals surface area contributed by atoms with Gasteiger partial charge in [0.25, 0.3) is 15.9 Å². The molecule has 0 bridgehead atoms. The first-order valence-corrected chi connectivity index (χ1v) is 13.4. The van der Waals surface area contributed by atoms with E-state index < -0.39 is 10.0 Å². The molecule has 0 atom stereocenters. The number of nitrogens with zero attached hydrogens (tertiary/aromatic N) is 4. The molecule has 0 radical (unpaired) electrons. The number of hydrogen-bond acceptors (Lipinski definition) is 12. The highest BCUT2D eigenvalue weighted by Gasteiger charge is 2.27. The van der Waals surface area contributed by atoms with E-state index in [9.17, 15) is 18.8 Å². The van der Waals surface area contributed by atoms with E-state index in [1.807, 2.05) is 6.07 Å². The average molecular weight is 580 g/mol. The number of aromatic nitrogens is 3. The standard InChI is InChI=1S/C27H25N5O8S/c1-36-19-8-9-22(38-3)23(15-19)41(34,35)32-26-24(40-21-7-5-4-6-20(21)37-2)27(39-13-12-33)31-25(30-26)17-10-11-29-18(14-17)16-28/h4-11,14-15,33H,12-13H2,1-3H3,(H,30,31,32). The van der Waals surface area contributed by atoms with Crippen molar-refractivity contribution in [2.24, 2.45) is 0 Å². The van der Waals surface area contributed by atoms with Crippen molar-refractivity contribution in [3.63, 3.8) is 0 Å². The zero-order chi connectivity index (χ0) is 29.4. The van der Waals surface area contributed by atoms with Crippen LogP contribution in [0.15, 0.2) is 65.7 Å². The van der Waals surface area contributed by atoms with Gasteiger partial charge in [-0.1, -0.05) is 12.1 Å². The summed E-state index contributed by atoms with van der Waals surface area (Å²) < 4.78 is 57.5. The summed E-state index contributed by atoms with van der Waals surface area (Å²) in [5.74, 6) is 0.119. The quantitative estimate of drug-likeness (QED) is 0.251. The lowest BCUT2D eigenvalue weighted by Crippen LogP contribution is -2.17. The van der Waals surface area contributed by atoms with E-state index in [1.165, 1.54) is 51.8 Å². The Balaban J connectivity index is 1.94. The summed E-state index contributed by atoms with van der Waals surface area (Å²) >= 11 is 0. The Labute approximate surface area is 236 Å². The molecule has 0 aliphatic heterocycles. The second-order valence-electron chi connectivity index (χ2n) is 8.02. The number of aliphatic hydroxyl groups is 1. The molecule has 0 fully saturated rings. The maximum atomic E-state index is 13.7. The second kappa shape index (κ2) is 12.8. The fourth-order valence-electron chi connectivity index (χ4n) is 3.58. The molecule has 2 heterocycles. The van der Waals surface area contributed by atoms with Crippen LogP contribution in [-0.4, -0.2) is 63.0 Å². The minimum absolute atomic E-state index is 0.0143. The number of anilines is 1. The van der Waals surface area contributed by atoms with Crippen LogP contribution in [0, 0.1) is 11.3 Å². The second-order valence-corrected chi connectivity index (χ2v) is 9.67. The molecule has 2 N–H and O–H groups in total. The summed E-state index contributed by atoms with van der Waals surface area (Å²) in [5, 5.41) is 18.8. The van der Waals surface area contributed by atoms with Crippen LogP contribution in [0.5, 0.6) is 34.6 Å². The van der Waals surface area contributed by atoms with Crippen molar-refractivity contribution >= 4 is 15.8 Å². The summed E-state index contributed by atoms with van der Waals surface area (Å²) in [6.07, 6.45) is 1.38. The van der Waals surface area contributed by atoms with Crippen molar-refractivity contribution in [3.8, 4) is 52.1 Å².